The molecule has 2 heterocycles. The van der Waals surface area contributed by atoms with Crippen LogP contribution in [-0.2, 0) is 23.8 Å². The Balaban J connectivity index is 1.48. The summed E-state index contributed by atoms with van der Waals surface area (Å²) in [5, 5.41) is 0.649. The summed E-state index contributed by atoms with van der Waals surface area (Å²) in [6.07, 6.45) is -0.557. The van der Waals surface area contributed by atoms with Gasteiger partial charge in [-0.1, -0.05) is 29.8 Å². The second-order valence-electron chi connectivity index (χ2n) is 9.73. The number of rotatable bonds is 8. The number of esters is 2. The Kier molecular flexibility index (Phi) is 8.24. The standard InChI is InChI=1S/C27H32ClN2O7/c1-18(31)34-12-10-29(11-13-35-19(2)32)27(33)36-17-30(3)15-23-21-6-4-5-7-25(21)37-26-9-8-20(28)14-22(26)24(23)16-30/h4-9,14,23-24H,10-13,15-17H2,1-3H3/q+1. The summed E-state index contributed by atoms with van der Waals surface area (Å²) in [5.74, 6) is 1.02. The van der Waals surface area contributed by atoms with Crippen LogP contribution in [0.4, 0.5) is 4.79 Å². The highest BCUT2D eigenvalue weighted by atomic mass is 35.5. The second kappa shape index (κ2) is 11.4. The minimum absolute atomic E-state index is 0.0229. The van der Waals surface area contributed by atoms with Gasteiger partial charge in [-0.15, -0.1) is 0 Å². The number of para-hydroxylation sites is 1. The number of ether oxygens (including phenoxy) is 4. The molecule has 10 heteroatoms. The first-order valence-electron chi connectivity index (χ1n) is 12.2. The zero-order valence-corrected chi connectivity index (χ0v) is 22.0. The van der Waals surface area contributed by atoms with Crippen LogP contribution in [0.2, 0.25) is 5.02 Å². The zero-order chi connectivity index (χ0) is 26.6. The SMILES string of the molecule is CC(=O)OCCN(CCOC(C)=O)C(=O)OC[N+]1(C)CC2c3ccccc3Oc3ccc(Cl)cc3C2C1. The molecule has 37 heavy (non-hydrogen) atoms. The van der Waals surface area contributed by atoms with E-state index in [0.29, 0.717) is 9.51 Å². The molecular formula is C27H32ClN2O7+. The molecular weight excluding hydrogens is 500 g/mol. The molecule has 0 aromatic heterocycles. The molecule has 1 saturated heterocycles. The molecule has 0 bridgehead atoms. The Bertz CT molecular complexity index is 1150. The number of likely N-dealkylation sites (N-methyl/N-ethyl adjacent to an activating group) is 1. The van der Waals surface area contributed by atoms with Crippen LogP contribution < -0.4 is 4.74 Å². The van der Waals surface area contributed by atoms with E-state index in [4.69, 9.17) is 30.5 Å². The number of likely N-dealkylation sites (tertiary alicyclic amines) is 1. The van der Waals surface area contributed by atoms with Gasteiger partial charge in [-0.3, -0.25) is 14.1 Å². The first kappa shape index (κ1) is 26.8. The summed E-state index contributed by atoms with van der Waals surface area (Å²) in [5.41, 5.74) is 2.17. The molecule has 2 aliphatic heterocycles. The van der Waals surface area contributed by atoms with Crippen LogP contribution in [0.25, 0.3) is 0 Å². The van der Waals surface area contributed by atoms with Crippen LogP contribution in [0, 0.1) is 0 Å². The van der Waals surface area contributed by atoms with E-state index in [1.165, 1.54) is 18.7 Å². The largest absolute Gasteiger partial charge is 0.464 e. The molecule has 198 valence electrons. The lowest BCUT2D eigenvalue weighted by Crippen LogP contribution is -2.47. The molecule has 0 saturated carbocycles. The van der Waals surface area contributed by atoms with Gasteiger partial charge in [0.05, 0.1) is 33.2 Å². The molecule has 2 aromatic carbocycles. The minimum atomic E-state index is -0.557. The third kappa shape index (κ3) is 6.53. The number of fused-ring (bicyclic) bond motifs is 5. The Morgan fingerprint density at radius 1 is 0.919 bits per heavy atom. The Labute approximate surface area is 221 Å². The Morgan fingerprint density at radius 3 is 2.16 bits per heavy atom. The average molecular weight is 532 g/mol. The van der Waals surface area contributed by atoms with Crippen LogP contribution >= 0.6 is 11.6 Å². The topological polar surface area (TPSA) is 91.4 Å². The summed E-state index contributed by atoms with van der Waals surface area (Å²) in [4.78, 5) is 36.6. The molecule has 3 atom stereocenters. The van der Waals surface area contributed by atoms with Crippen molar-refractivity contribution in [3.63, 3.8) is 0 Å². The molecule has 1 amide bonds. The van der Waals surface area contributed by atoms with Gasteiger partial charge in [-0.2, -0.15) is 0 Å². The lowest BCUT2D eigenvalue weighted by atomic mass is 9.84. The molecule has 2 aliphatic rings. The van der Waals surface area contributed by atoms with Crippen molar-refractivity contribution in [2.45, 2.75) is 25.7 Å². The number of quaternary nitrogens is 1. The maximum Gasteiger partial charge on any atom is 0.414 e. The average Bonchev–Trinajstić information content (AvgIpc) is 3.14. The highest BCUT2D eigenvalue weighted by Gasteiger charge is 2.48. The van der Waals surface area contributed by atoms with Crippen LogP contribution in [-0.4, -0.2) is 80.6 Å². The second-order valence-corrected chi connectivity index (χ2v) is 10.2. The fourth-order valence-corrected chi connectivity index (χ4v) is 5.29. The number of carbonyl (C=O) groups excluding carboxylic acids is 3. The van der Waals surface area contributed by atoms with Crippen LogP contribution in [0.15, 0.2) is 42.5 Å². The van der Waals surface area contributed by atoms with Crippen molar-refractivity contribution in [3.05, 3.63) is 58.6 Å². The third-order valence-corrected chi connectivity index (χ3v) is 7.00. The molecule has 0 aliphatic carbocycles. The number of nitrogens with zero attached hydrogens (tertiary/aromatic N) is 2. The smallest absolute Gasteiger partial charge is 0.414 e. The van der Waals surface area contributed by atoms with E-state index >= 15 is 0 Å². The van der Waals surface area contributed by atoms with Crippen molar-refractivity contribution in [2.75, 3.05) is 53.2 Å². The van der Waals surface area contributed by atoms with Gasteiger partial charge >= 0.3 is 18.0 Å². The van der Waals surface area contributed by atoms with Crippen molar-refractivity contribution >= 4 is 29.6 Å². The van der Waals surface area contributed by atoms with Gasteiger partial charge in [0, 0.05) is 41.8 Å². The van der Waals surface area contributed by atoms with Crippen molar-refractivity contribution in [2.24, 2.45) is 0 Å². The molecule has 2 aromatic rings. The van der Waals surface area contributed by atoms with E-state index < -0.39 is 18.0 Å². The van der Waals surface area contributed by atoms with Crippen LogP contribution in [0.5, 0.6) is 11.5 Å². The summed E-state index contributed by atoms with van der Waals surface area (Å²) in [6, 6.07) is 13.7. The van der Waals surface area contributed by atoms with Crippen LogP contribution in [0.1, 0.15) is 36.8 Å². The molecule has 0 N–H and O–H groups in total. The zero-order valence-electron chi connectivity index (χ0n) is 21.3. The van der Waals surface area contributed by atoms with E-state index in [2.05, 4.69) is 13.1 Å². The number of carbonyl (C=O) groups is 3. The van der Waals surface area contributed by atoms with Crippen molar-refractivity contribution in [1.82, 2.24) is 4.90 Å². The number of halogens is 1. The molecule has 4 rings (SSSR count). The Morgan fingerprint density at radius 2 is 1.51 bits per heavy atom. The lowest BCUT2D eigenvalue weighted by Gasteiger charge is -2.31. The maximum atomic E-state index is 13.0. The number of benzene rings is 2. The predicted octanol–water partition coefficient (Wildman–Crippen LogP) is 4.30. The highest BCUT2D eigenvalue weighted by Crippen LogP contribution is 2.51. The monoisotopic (exact) mass is 531 g/mol. The van der Waals surface area contributed by atoms with Crippen LogP contribution in [0.3, 0.4) is 0 Å². The third-order valence-electron chi connectivity index (χ3n) is 6.76. The van der Waals surface area contributed by atoms with Crippen molar-refractivity contribution in [3.8, 4) is 11.5 Å². The van der Waals surface area contributed by atoms with E-state index in [9.17, 15) is 14.4 Å². The first-order valence-corrected chi connectivity index (χ1v) is 12.6. The molecule has 3 unspecified atom stereocenters. The van der Waals surface area contributed by atoms with E-state index in [1.54, 1.807) is 0 Å². The minimum Gasteiger partial charge on any atom is -0.464 e. The maximum absolute atomic E-state index is 13.0. The summed E-state index contributed by atoms with van der Waals surface area (Å²) >= 11 is 6.36. The van der Waals surface area contributed by atoms with Gasteiger partial charge in [0.2, 0.25) is 6.73 Å². The van der Waals surface area contributed by atoms with E-state index in [1.807, 2.05) is 36.4 Å². The van der Waals surface area contributed by atoms with Gasteiger partial charge in [-0.25, -0.2) is 4.79 Å². The van der Waals surface area contributed by atoms with Crippen molar-refractivity contribution in [1.29, 1.82) is 0 Å². The number of hydrogen-bond donors (Lipinski definition) is 0. The fraction of sp³-hybridized carbons (Fsp3) is 0.444. The number of amides is 1. The normalized spacial score (nSPS) is 21.4. The molecule has 0 spiro atoms. The summed E-state index contributed by atoms with van der Waals surface area (Å²) in [6.45, 7) is 4.53. The summed E-state index contributed by atoms with van der Waals surface area (Å²) in [7, 11) is 2.07. The fourth-order valence-electron chi connectivity index (χ4n) is 5.11. The van der Waals surface area contributed by atoms with Gasteiger partial charge < -0.3 is 23.8 Å². The van der Waals surface area contributed by atoms with E-state index in [0.717, 1.165) is 35.7 Å². The first-order chi connectivity index (χ1) is 17.6. The molecule has 0 radical (unpaired) electrons. The molecule has 1 fully saturated rings. The van der Waals surface area contributed by atoms with Crippen molar-refractivity contribution < 1.29 is 37.8 Å². The van der Waals surface area contributed by atoms with Gasteiger partial charge in [0.25, 0.3) is 0 Å². The van der Waals surface area contributed by atoms with Gasteiger partial charge in [0.1, 0.15) is 24.7 Å². The molecule has 9 nitrogen and oxygen atoms in total. The Hall–Kier alpha value is -3.30. The number of hydrogen-bond acceptors (Lipinski definition) is 7. The predicted molar refractivity (Wildman–Crippen MR) is 136 cm³/mol. The highest BCUT2D eigenvalue weighted by molar-refractivity contribution is 6.30. The quantitative estimate of drug-likeness (QED) is 0.285. The van der Waals surface area contributed by atoms with Gasteiger partial charge in [-0.05, 0) is 24.3 Å². The lowest BCUT2D eigenvalue weighted by molar-refractivity contribution is -0.915. The summed E-state index contributed by atoms with van der Waals surface area (Å²) < 4.78 is 22.5. The van der Waals surface area contributed by atoms with E-state index in [-0.39, 0.29) is 44.9 Å². The van der Waals surface area contributed by atoms with Gasteiger partial charge in [0.15, 0.2) is 0 Å².